The predicted molar refractivity (Wildman–Crippen MR) is 63.7 cm³/mol. The fourth-order valence-electron chi connectivity index (χ4n) is 2.19. The number of H-pyrrole nitrogens is 1. The Hall–Kier alpha value is -0.920. The highest BCUT2D eigenvalue weighted by Crippen LogP contribution is 2.27. The summed E-state index contributed by atoms with van der Waals surface area (Å²) in [5, 5.41) is 6.23. The van der Waals surface area contributed by atoms with Gasteiger partial charge in [-0.1, -0.05) is 0 Å². The molecule has 17 heavy (non-hydrogen) atoms. The van der Waals surface area contributed by atoms with Crippen molar-refractivity contribution in [1.29, 1.82) is 0 Å². The second-order valence-electron chi connectivity index (χ2n) is 4.54. The number of rotatable bonds is 3. The summed E-state index contributed by atoms with van der Waals surface area (Å²) in [7, 11) is -3.43. The summed E-state index contributed by atoms with van der Waals surface area (Å²) in [6.07, 6.45) is 4.61. The first-order valence-corrected chi connectivity index (χ1v) is 7.20. The summed E-state index contributed by atoms with van der Waals surface area (Å²) in [6.45, 7) is 2.97. The van der Waals surface area contributed by atoms with Crippen LogP contribution < -0.4 is 5.73 Å². The quantitative estimate of drug-likeness (QED) is 0.807. The molecule has 0 aromatic carbocycles. The Bertz CT molecular complexity index is 457. The average Bonchev–Trinajstić information content (AvgIpc) is 2.83. The largest absolute Gasteiger partial charge is 0.330 e. The molecule has 1 fully saturated rings. The van der Waals surface area contributed by atoms with E-state index in [1.54, 1.807) is 4.31 Å². The van der Waals surface area contributed by atoms with Crippen molar-refractivity contribution in [2.45, 2.75) is 30.7 Å². The Morgan fingerprint density at radius 1 is 1.59 bits per heavy atom. The molecule has 1 aromatic heterocycles. The van der Waals surface area contributed by atoms with Gasteiger partial charge in [-0.15, -0.1) is 0 Å². The molecule has 1 aliphatic heterocycles. The van der Waals surface area contributed by atoms with Crippen molar-refractivity contribution in [1.82, 2.24) is 14.5 Å². The first kappa shape index (κ1) is 12.5. The lowest BCUT2D eigenvalue weighted by Crippen LogP contribution is -2.46. The molecule has 1 aliphatic rings. The van der Waals surface area contributed by atoms with Crippen LogP contribution in [0.4, 0.5) is 0 Å². The van der Waals surface area contributed by atoms with Gasteiger partial charge in [0.25, 0.3) is 0 Å². The predicted octanol–water partition coefficient (Wildman–Crippen LogP) is 0.158. The van der Waals surface area contributed by atoms with Gasteiger partial charge in [0.05, 0.1) is 6.20 Å². The minimum atomic E-state index is -3.43. The second kappa shape index (κ2) is 4.75. The molecule has 1 saturated heterocycles. The van der Waals surface area contributed by atoms with E-state index in [-0.39, 0.29) is 16.9 Å². The molecule has 3 N–H and O–H groups in total. The van der Waals surface area contributed by atoms with Crippen molar-refractivity contribution in [3.05, 3.63) is 12.4 Å². The summed E-state index contributed by atoms with van der Waals surface area (Å²) in [6, 6.07) is 0.0256. The molecule has 0 amide bonds. The molecule has 1 aromatic rings. The van der Waals surface area contributed by atoms with E-state index in [0.29, 0.717) is 13.1 Å². The van der Waals surface area contributed by atoms with Crippen LogP contribution in [0.5, 0.6) is 0 Å². The minimum absolute atomic E-state index is 0.0256. The summed E-state index contributed by atoms with van der Waals surface area (Å²) < 4.78 is 26.2. The average molecular weight is 258 g/mol. The van der Waals surface area contributed by atoms with E-state index in [0.717, 1.165) is 12.8 Å². The van der Waals surface area contributed by atoms with Gasteiger partial charge in [-0.25, -0.2) is 8.42 Å². The molecule has 96 valence electrons. The number of sulfonamides is 1. The molecule has 0 bridgehead atoms. The monoisotopic (exact) mass is 258 g/mol. The van der Waals surface area contributed by atoms with Crippen molar-refractivity contribution in [3.63, 3.8) is 0 Å². The normalized spacial score (nSPS) is 27.2. The molecule has 0 saturated carbocycles. The number of aromatic amines is 1. The van der Waals surface area contributed by atoms with Gasteiger partial charge in [-0.3, -0.25) is 5.10 Å². The lowest BCUT2D eigenvalue weighted by atomic mass is 9.96. The van der Waals surface area contributed by atoms with Crippen molar-refractivity contribution in [3.8, 4) is 0 Å². The maximum absolute atomic E-state index is 12.3. The van der Waals surface area contributed by atoms with Crippen LogP contribution in [0.15, 0.2) is 17.3 Å². The Morgan fingerprint density at radius 3 is 2.94 bits per heavy atom. The molecule has 2 unspecified atom stereocenters. The Balaban J connectivity index is 2.26. The zero-order valence-electron chi connectivity index (χ0n) is 9.83. The maximum Gasteiger partial charge on any atom is 0.246 e. The van der Waals surface area contributed by atoms with Crippen LogP contribution in [0, 0.1) is 5.92 Å². The topological polar surface area (TPSA) is 92.1 Å². The van der Waals surface area contributed by atoms with Gasteiger partial charge >= 0.3 is 0 Å². The van der Waals surface area contributed by atoms with Gasteiger partial charge in [0.15, 0.2) is 0 Å². The van der Waals surface area contributed by atoms with E-state index < -0.39 is 10.0 Å². The van der Waals surface area contributed by atoms with E-state index in [9.17, 15) is 8.42 Å². The van der Waals surface area contributed by atoms with Crippen LogP contribution >= 0.6 is 0 Å². The third-order valence-corrected chi connectivity index (χ3v) is 5.28. The van der Waals surface area contributed by atoms with Crippen LogP contribution in [0.2, 0.25) is 0 Å². The van der Waals surface area contributed by atoms with Crippen LogP contribution in [-0.4, -0.2) is 42.1 Å². The highest BCUT2D eigenvalue weighted by molar-refractivity contribution is 7.89. The van der Waals surface area contributed by atoms with Crippen LogP contribution in [0.1, 0.15) is 19.8 Å². The molecule has 6 nitrogen and oxygen atoms in total. The number of hydrogen-bond donors (Lipinski definition) is 2. The van der Waals surface area contributed by atoms with Gasteiger partial charge < -0.3 is 5.73 Å². The minimum Gasteiger partial charge on any atom is -0.330 e. The first-order valence-electron chi connectivity index (χ1n) is 5.76. The number of nitrogens with two attached hydrogens (primary N) is 1. The summed E-state index contributed by atoms with van der Waals surface area (Å²) in [4.78, 5) is 0.224. The Labute approximate surface area is 101 Å². The van der Waals surface area contributed by atoms with Crippen molar-refractivity contribution >= 4 is 10.0 Å². The molecule has 2 heterocycles. The fourth-order valence-corrected chi connectivity index (χ4v) is 3.83. The van der Waals surface area contributed by atoms with Gasteiger partial charge in [-0.2, -0.15) is 9.40 Å². The zero-order valence-corrected chi connectivity index (χ0v) is 10.7. The van der Waals surface area contributed by atoms with Crippen LogP contribution in [0.25, 0.3) is 0 Å². The number of hydrogen-bond acceptors (Lipinski definition) is 4. The number of nitrogens with zero attached hydrogens (tertiary/aromatic N) is 2. The van der Waals surface area contributed by atoms with E-state index in [2.05, 4.69) is 10.2 Å². The SMILES string of the molecule is CC1CCC(CN)CN1S(=O)(=O)c1cn[nH]c1. The molecular formula is C10H18N4O2S. The van der Waals surface area contributed by atoms with Crippen LogP contribution in [0.3, 0.4) is 0 Å². The van der Waals surface area contributed by atoms with Gasteiger partial charge in [0, 0.05) is 18.8 Å². The van der Waals surface area contributed by atoms with Crippen LogP contribution in [-0.2, 0) is 10.0 Å². The smallest absolute Gasteiger partial charge is 0.246 e. The lowest BCUT2D eigenvalue weighted by molar-refractivity contribution is 0.211. The zero-order chi connectivity index (χ0) is 12.5. The van der Waals surface area contributed by atoms with E-state index in [4.69, 9.17) is 5.73 Å². The van der Waals surface area contributed by atoms with Gasteiger partial charge in [0.2, 0.25) is 10.0 Å². The highest BCUT2D eigenvalue weighted by Gasteiger charge is 2.34. The molecule has 0 radical (unpaired) electrons. The third-order valence-electron chi connectivity index (χ3n) is 3.34. The van der Waals surface area contributed by atoms with Gasteiger partial charge in [-0.05, 0) is 32.2 Å². The van der Waals surface area contributed by atoms with Crippen molar-refractivity contribution in [2.75, 3.05) is 13.1 Å². The highest BCUT2D eigenvalue weighted by atomic mass is 32.2. The van der Waals surface area contributed by atoms with Crippen molar-refractivity contribution in [2.24, 2.45) is 11.7 Å². The van der Waals surface area contributed by atoms with Gasteiger partial charge in [0.1, 0.15) is 4.90 Å². The van der Waals surface area contributed by atoms with E-state index in [1.165, 1.54) is 12.4 Å². The van der Waals surface area contributed by atoms with Crippen molar-refractivity contribution < 1.29 is 8.42 Å². The molecule has 2 rings (SSSR count). The number of nitrogens with one attached hydrogen (secondary N) is 1. The second-order valence-corrected chi connectivity index (χ2v) is 6.43. The third kappa shape index (κ3) is 2.36. The summed E-state index contributed by atoms with van der Waals surface area (Å²) in [5.74, 6) is 0.257. The molecular weight excluding hydrogens is 240 g/mol. The molecule has 2 atom stereocenters. The van der Waals surface area contributed by atoms with E-state index in [1.807, 2.05) is 6.92 Å². The molecule has 0 aliphatic carbocycles. The lowest BCUT2D eigenvalue weighted by Gasteiger charge is -2.36. The summed E-state index contributed by atoms with van der Waals surface area (Å²) in [5.41, 5.74) is 5.63. The Morgan fingerprint density at radius 2 is 2.35 bits per heavy atom. The van der Waals surface area contributed by atoms with E-state index >= 15 is 0 Å². The number of piperidine rings is 1. The standard InChI is InChI=1S/C10H18N4O2S/c1-8-2-3-9(4-11)7-14(8)17(15,16)10-5-12-13-6-10/h5-6,8-9H,2-4,7,11H2,1H3,(H,12,13). The summed E-state index contributed by atoms with van der Waals surface area (Å²) >= 11 is 0. The first-order chi connectivity index (χ1) is 8.05. The molecule has 0 spiro atoms. The molecule has 7 heteroatoms. The fraction of sp³-hybridized carbons (Fsp3) is 0.700. The Kier molecular flexibility index (Phi) is 3.50. The maximum atomic E-state index is 12.3. The number of aromatic nitrogens is 2.